The third-order valence-electron chi connectivity index (χ3n) is 6.79. The van der Waals surface area contributed by atoms with Crippen LogP contribution in [0, 0.1) is 5.92 Å². The molecule has 0 spiro atoms. The number of benzene rings is 1. The van der Waals surface area contributed by atoms with Gasteiger partial charge in [-0.25, -0.2) is 8.42 Å². The second-order valence-electron chi connectivity index (χ2n) is 9.47. The number of ether oxygens (including phenoxy) is 1. The molecule has 2 aliphatic rings. The van der Waals surface area contributed by atoms with Gasteiger partial charge in [-0.1, -0.05) is 11.6 Å². The van der Waals surface area contributed by atoms with Crippen LogP contribution >= 0.6 is 11.6 Å². The van der Waals surface area contributed by atoms with Crippen LogP contribution in [0.25, 0.3) is 0 Å². The third-order valence-corrected chi connectivity index (χ3v) is 8.80. The molecular weight excluding hydrogens is 557 g/mol. The number of rotatable bonds is 7. The van der Waals surface area contributed by atoms with Gasteiger partial charge in [0, 0.05) is 19.0 Å². The van der Waals surface area contributed by atoms with Crippen molar-refractivity contribution in [1.29, 1.82) is 0 Å². The smallest absolute Gasteiger partial charge is 0.414 e. The van der Waals surface area contributed by atoms with E-state index in [1.54, 1.807) is 6.07 Å². The number of sulfone groups is 1. The maximum Gasteiger partial charge on any atom is 0.414 e. The molecule has 2 aromatic rings. The predicted molar refractivity (Wildman–Crippen MR) is 130 cm³/mol. The largest absolute Gasteiger partial charge is 0.433 e. The topological polar surface area (TPSA) is 88.6 Å². The Kier molecular flexibility index (Phi) is 8.08. The number of carbonyl (C=O) groups is 1. The normalized spacial score (nSPS) is 20.2. The second-order valence-corrected chi connectivity index (χ2v) is 12.2. The van der Waals surface area contributed by atoms with Crippen molar-refractivity contribution in [3.63, 3.8) is 0 Å². The number of amides is 1. The highest BCUT2D eigenvalue weighted by atomic mass is 35.5. The van der Waals surface area contributed by atoms with Crippen LogP contribution in [-0.2, 0) is 27.5 Å². The van der Waals surface area contributed by atoms with Gasteiger partial charge < -0.3 is 15.0 Å². The van der Waals surface area contributed by atoms with Crippen molar-refractivity contribution in [3.8, 4) is 5.75 Å². The Hall–Kier alpha value is -2.67. The molecule has 1 fully saturated rings. The van der Waals surface area contributed by atoms with Crippen LogP contribution in [0.2, 0.25) is 5.02 Å². The van der Waals surface area contributed by atoms with Crippen LogP contribution < -0.4 is 10.1 Å². The monoisotopic (exact) mass is 581 g/mol. The highest BCUT2D eigenvalue weighted by Crippen LogP contribution is 2.38. The molecule has 1 N–H and O–H groups in total. The van der Waals surface area contributed by atoms with Gasteiger partial charge in [-0.3, -0.25) is 9.78 Å². The number of fused-ring (bicyclic) bond motifs is 1. The highest BCUT2D eigenvalue weighted by Gasteiger charge is 2.47. The maximum atomic E-state index is 14.0. The van der Waals surface area contributed by atoms with E-state index in [1.165, 1.54) is 24.4 Å². The van der Waals surface area contributed by atoms with E-state index in [9.17, 15) is 35.2 Å². The minimum Gasteiger partial charge on any atom is -0.433 e. The Morgan fingerprint density at radius 1 is 1.16 bits per heavy atom. The van der Waals surface area contributed by atoms with Crippen LogP contribution in [0.1, 0.15) is 35.7 Å². The van der Waals surface area contributed by atoms with E-state index in [1.807, 2.05) is 0 Å². The van der Waals surface area contributed by atoms with E-state index >= 15 is 0 Å². The average molecular weight is 582 g/mol. The zero-order valence-corrected chi connectivity index (χ0v) is 21.7. The molecule has 1 aromatic heterocycles. The van der Waals surface area contributed by atoms with Gasteiger partial charge in [-0.15, -0.1) is 0 Å². The minimum absolute atomic E-state index is 0.0168. The van der Waals surface area contributed by atoms with Crippen LogP contribution in [0.5, 0.6) is 5.75 Å². The molecule has 1 aliphatic heterocycles. The molecule has 0 saturated carbocycles. The van der Waals surface area contributed by atoms with E-state index in [0.29, 0.717) is 23.4 Å². The molecule has 1 aliphatic carbocycles. The molecule has 1 amide bonds. The SMILES string of the molecule is CN(C(=O)C1CCS(=O)(=O)CC1)[C@@H](c1ccc(NC2Cc3cc(Cl)c(OC(F)F)cc3C2)cn1)C(F)(F)F. The van der Waals surface area contributed by atoms with Gasteiger partial charge in [-0.05, 0) is 61.1 Å². The summed E-state index contributed by atoms with van der Waals surface area (Å²) < 4.78 is 94.9. The quantitative estimate of drug-likeness (QED) is 0.473. The standard InChI is InChI=1S/C24H25ClF5N3O4S/c1-33(22(34)13-4-6-38(35,36)7-5-13)21(24(28,29)30)19-3-2-16(12-31-19)32-17-8-14-10-18(25)20(37-23(26)27)11-15(14)9-17/h2-3,10-13,17,21,23,32H,4-9H2,1H3/t17?,21-/m0/s1. The number of carbonyl (C=O) groups excluding carboxylic acids is 1. The van der Waals surface area contributed by atoms with Gasteiger partial charge >= 0.3 is 12.8 Å². The van der Waals surface area contributed by atoms with Crippen LogP contribution in [0.15, 0.2) is 30.5 Å². The molecule has 4 rings (SSSR count). The number of hydrogen-bond acceptors (Lipinski definition) is 6. The van der Waals surface area contributed by atoms with E-state index in [0.717, 1.165) is 18.2 Å². The molecular formula is C24H25ClF5N3O4S. The van der Waals surface area contributed by atoms with Gasteiger partial charge in [-0.2, -0.15) is 22.0 Å². The molecule has 1 aromatic carbocycles. The maximum absolute atomic E-state index is 14.0. The number of halogens is 6. The molecule has 1 saturated heterocycles. The molecule has 14 heteroatoms. The van der Waals surface area contributed by atoms with Crippen LogP contribution in [0.3, 0.4) is 0 Å². The molecule has 38 heavy (non-hydrogen) atoms. The van der Waals surface area contributed by atoms with Crippen molar-refractivity contribution in [2.24, 2.45) is 5.92 Å². The third kappa shape index (κ3) is 6.48. The lowest BCUT2D eigenvalue weighted by molar-refractivity contribution is -0.191. The zero-order chi connectivity index (χ0) is 27.8. The van der Waals surface area contributed by atoms with Crippen molar-refractivity contribution in [2.45, 2.75) is 50.6 Å². The summed E-state index contributed by atoms with van der Waals surface area (Å²) in [4.78, 5) is 17.4. The second kappa shape index (κ2) is 10.8. The summed E-state index contributed by atoms with van der Waals surface area (Å²) in [6.07, 6.45) is -2.65. The van der Waals surface area contributed by atoms with Gasteiger partial charge in [0.2, 0.25) is 5.91 Å². The lowest BCUT2D eigenvalue weighted by atomic mass is 9.99. The number of pyridine rings is 1. The predicted octanol–water partition coefficient (Wildman–Crippen LogP) is 4.80. The van der Waals surface area contributed by atoms with E-state index < -0.39 is 40.5 Å². The van der Waals surface area contributed by atoms with E-state index in [2.05, 4.69) is 15.0 Å². The Labute approximate surface area is 221 Å². The summed E-state index contributed by atoms with van der Waals surface area (Å²) in [5.74, 6) is -2.17. The van der Waals surface area contributed by atoms with Gasteiger partial charge in [0.15, 0.2) is 6.04 Å². The number of nitrogens with one attached hydrogen (secondary N) is 1. The van der Waals surface area contributed by atoms with Gasteiger partial charge in [0.1, 0.15) is 15.6 Å². The van der Waals surface area contributed by atoms with Crippen LogP contribution in [-0.4, -0.2) is 61.6 Å². The number of hydrogen-bond donors (Lipinski definition) is 1. The van der Waals surface area contributed by atoms with Crippen molar-refractivity contribution in [2.75, 3.05) is 23.9 Å². The Balaban J connectivity index is 1.44. The van der Waals surface area contributed by atoms with Crippen molar-refractivity contribution in [3.05, 3.63) is 52.3 Å². The average Bonchev–Trinajstić information content (AvgIpc) is 3.19. The molecule has 2 heterocycles. The first-order valence-corrected chi connectivity index (χ1v) is 14.0. The van der Waals surface area contributed by atoms with Crippen molar-refractivity contribution >= 4 is 33.0 Å². The number of nitrogens with zero attached hydrogens (tertiary/aromatic N) is 2. The van der Waals surface area contributed by atoms with E-state index in [-0.39, 0.29) is 46.9 Å². The lowest BCUT2D eigenvalue weighted by Gasteiger charge is -2.33. The summed E-state index contributed by atoms with van der Waals surface area (Å²) >= 11 is 6.02. The summed E-state index contributed by atoms with van der Waals surface area (Å²) in [6.45, 7) is -3.01. The van der Waals surface area contributed by atoms with Crippen molar-refractivity contribution < 1.29 is 39.9 Å². The Morgan fingerprint density at radius 3 is 2.34 bits per heavy atom. The first kappa shape index (κ1) is 28.3. The Morgan fingerprint density at radius 2 is 1.79 bits per heavy atom. The lowest BCUT2D eigenvalue weighted by Crippen LogP contribution is -2.44. The van der Waals surface area contributed by atoms with Crippen molar-refractivity contribution in [1.82, 2.24) is 9.88 Å². The van der Waals surface area contributed by atoms with Gasteiger partial charge in [0.05, 0.1) is 34.1 Å². The number of aromatic nitrogens is 1. The summed E-state index contributed by atoms with van der Waals surface area (Å²) in [5, 5.41) is 3.23. The molecule has 2 atom stereocenters. The first-order valence-electron chi connectivity index (χ1n) is 11.8. The summed E-state index contributed by atoms with van der Waals surface area (Å²) in [5.41, 5.74) is 1.66. The number of alkyl halides is 5. The highest BCUT2D eigenvalue weighted by molar-refractivity contribution is 7.91. The summed E-state index contributed by atoms with van der Waals surface area (Å²) in [6, 6.07) is 3.14. The Bertz CT molecular complexity index is 1280. The zero-order valence-electron chi connectivity index (χ0n) is 20.1. The molecule has 0 radical (unpaired) electrons. The molecule has 7 nitrogen and oxygen atoms in total. The van der Waals surface area contributed by atoms with E-state index in [4.69, 9.17) is 11.6 Å². The molecule has 0 bridgehead atoms. The molecule has 208 valence electrons. The van der Waals surface area contributed by atoms with Gasteiger partial charge in [0.25, 0.3) is 0 Å². The fraction of sp³-hybridized carbons (Fsp3) is 0.500. The minimum atomic E-state index is -4.81. The number of anilines is 1. The molecule has 1 unspecified atom stereocenters. The summed E-state index contributed by atoms with van der Waals surface area (Å²) in [7, 11) is -2.23. The fourth-order valence-electron chi connectivity index (χ4n) is 4.93. The first-order chi connectivity index (χ1) is 17.7. The fourth-order valence-corrected chi connectivity index (χ4v) is 6.66. The van der Waals surface area contributed by atoms with Crippen LogP contribution in [0.4, 0.5) is 27.6 Å².